The fourth-order valence-corrected chi connectivity index (χ4v) is 4.68. The van der Waals surface area contributed by atoms with Crippen molar-refractivity contribution >= 4 is 27.3 Å². The van der Waals surface area contributed by atoms with E-state index in [1.54, 1.807) is 48.5 Å². The number of nitrogens with zero attached hydrogens (tertiary/aromatic N) is 2. The van der Waals surface area contributed by atoms with E-state index < -0.39 is 10.0 Å². The second kappa shape index (κ2) is 9.03. The first kappa shape index (κ1) is 22.5. The molecule has 0 radical (unpaired) electrons. The van der Waals surface area contributed by atoms with E-state index in [1.165, 1.54) is 43.3 Å². The van der Waals surface area contributed by atoms with E-state index in [9.17, 15) is 17.6 Å². The molecule has 0 aliphatic carbocycles. The summed E-state index contributed by atoms with van der Waals surface area (Å²) in [7, 11) is -2.25. The van der Waals surface area contributed by atoms with Crippen LogP contribution in [-0.4, -0.2) is 32.2 Å². The number of anilines is 1. The molecule has 0 fully saturated rings. The van der Waals surface area contributed by atoms with Gasteiger partial charge in [-0.3, -0.25) is 9.52 Å². The van der Waals surface area contributed by atoms with Crippen LogP contribution in [0.5, 0.6) is 5.75 Å². The van der Waals surface area contributed by atoms with Crippen LogP contribution < -0.4 is 9.46 Å². The van der Waals surface area contributed by atoms with Crippen LogP contribution in [-0.2, 0) is 14.8 Å². The molecule has 0 saturated carbocycles. The Labute approximate surface area is 191 Å². The number of nitrogens with one attached hydrogen (secondary N) is 1. The molecule has 0 spiro atoms. The highest BCUT2D eigenvalue weighted by molar-refractivity contribution is 7.92. The van der Waals surface area contributed by atoms with Crippen molar-refractivity contribution in [3.05, 3.63) is 89.7 Å². The Morgan fingerprint density at radius 3 is 2.24 bits per heavy atom. The minimum atomic E-state index is -3.76. The van der Waals surface area contributed by atoms with Crippen molar-refractivity contribution in [1.82, 2.24) is 5.01 Å². The third-order valence-electron chi connectivity index (χ3n) is 5.33. The van der Waals surface area contributed by atoms with Crippen LogP contribution in [0, 0.1) is 5.82 Å². The number of rotatable bonds is 6. The van der Waals surface area contributed by atoms with Crippen LogP contribution in [0.25, 0.3) is 0 Å². The summed E-state index contributed by atoms with van der Waals surface area (Å²) in [6.45, 7) is 1.43. The fraction of sp³-hybridized carbons (Fsp3) is 0.167. The van der Waals surface area contributed by atoms with E-state index in [0.29, 0.717) is 23.6 Å². The molecule has 0 aromatic heterocycles. The van der Waals surface area contributed by atoms with Gasteiger partial charge in [0.1, 0.15) is 11.6 Å². The molecule has 1 aliphatic heterocycles. The van der Waals surface area contributed by atoms with Crippen LogP contribution >= 0.6 is 0 Å². The van der Waals surface area contributed by atoms with Gasteiger partial charge >= 0.3 is 0 Å². The normalized spacial score (nSPS) is 15.8. The molecule has 3 aromatic rings. The predicted molar refractivity (Wildman–Crippen MR) is 123 cm³/mol. The van der Waals surface area contributed by atoms with Gasteiger partial charge in [0.05, 0.1) is 23.8 Å². The minimum Gasteiger partial charge on any atom is -0.497 e. The maximum absolute atomic E-state index is 13.3. The standard InChI is InChI=1S/C24H22FN3O4S/c1-16(29)28-24(18-3-7-19(25)8-4-18)15-23(26-28)17-5-9-20(10-6-17)27-33(30,31)22-13-11-21(32-2)12-14-22/h3-14,24,27H,15H2,1-2H3. The molecular weight excluding hydrogens is 445 g/mol. The molecule has 9 heteroatoms. The van der Waals surface area contributed by atoms with Crippen molar-refractivity contribution in [2.75, 3.05) is 11.8 Å². The van der Waals surface area contributed by atoms with Gasteiger partial charge in [0.15, 0.2) is 0 Å². The Hall–Kier alpha value is -3.72. The number of halogens is 1. The van der Waals surface area contributed by atoms with Gasteiger partial charge in [-0.25, -0.2) is 17.8 Å². The van der Waals surface area contributed by atoms with Crippen molar-refractivity contribution in [1.29, 1.82) is 0 Å². The zero-order valence-electron chi connectivity index (χ0n) is 18.0. The van der Waals surface area contributed by atoms with E-state index in [2.05, 4.69) is 9.82 Å². The van der Waals surface area contributed by atoms with Crippen molar-refractivity contribution in [2.24, 2.45) is 5.10 Å². The number of carbonyl (C=O) groups is 1. The zero-order chi connectivity index (χ0) is 23.6. The third-order valence-corrected chi connectivity index (χ3v) is 6.73. The summed E-state index contributed by atoms with van der Waals surface area (Å²) in [4.78, 5) is 12.2. The highest BCUT2D eigenvalue weighted by Crippen LogP contribution is 2.33. The summed E-state index contributed by atoms with van der Waals surface area (Å²) in [6.07, 6.45) is 0.460. The van der Waals surface area contributed by atoms with Gasteiger partial charge in [0.25, 0.3) is 10.0 Å². The number of hydrogen-bond acceptors (Lipinski definition) is 5. The Bertz CT molecular complexity index is 1290. The van der Waals surface area contributed by atoms with Gasteiger partial charge in [-0.1, -0.05) is 24.3 Å². The molecular formula is C24H22FN3O4S. The number of ether oxygens (including phenoxy) is 1. The Balaban J connectivity index is 1.52. The molecule has 1 unspecified atom stereocenters. The zero-order valence-corrected chi connectivity index (χ0v) is 18.8. The summed E-state index contributed by atoms with van der Waals surface area (Å²) in [5, 5.41) is 5.85. The minimum absolute atomic E-state index is 0.117. The first-order chi connectivity index (χ1) is 15.8. The second-order valence-corrected chi connectivity index (χ2v) is 9.22. The largest absolute Gasteiger partial charge is 0.497 e. The molecule has 33 heavy (non-hydrogen) atoms. The first-order valence-electron chi connectivity index (χ1n) is 10.2. The number of hydrogen-bond donors (Lipinski definition) is 1. The topological polar surface area (TPSA) is 88.1 Å². The van der Waals surface area contributed by atoms with E-state index >= 15 is 0 Å². The number of carbonyl (C=O) groups excluding carboxylic acids is 1. The summed E-state index contributed by atoms with van der Waals surface area (Å²) in [5.74, 6) is -0.00247. The van der Waals surface area contributed by atoms with E-state index in [4.69, 9.17) is 4.74 Å². The lowest BCUT2D eigenvalue weighted by molar-refractivity contribution is -0.130. The molecule has 1 amide bonds. The number of benzene rings is 3. The van der Waals surface area contributed by atoms with Crippen LogP contribution in [0.4, 0.5) is 10.1 Å². The number of amides is 1. The summed E-state index contributed by atoms with van der Waals surface area (Å²) in [5.41, 5.74) is 2.63. The van der Waals surface area contributed by atoms with Crippen molar-refractivity contribution in [2.45, 2.75) is 24.3 Å². The molecule has 0 saturated heterocycles. The molecule has 1 N–H and O–H groups in total. The number of methoxy groups -OCH3 is 1. The number of sulfonamides is 1. The number of hydrazone groups is 1. The lowest BCUT2D eigenvalue weighted by Crippen LogP contribution is -2.24. The highest BCUT2D eigenvalue weighted by Gasteiger charge is 2.31. The van der Waals surface area contributed by atoms with Crippen LogP contribution in [0.15, 0.2) is 82.8 Å². The molecule has 4 rings (SSSR count). The molecule has 3 aromatic carbocycles. The van der Waals surface area contributed by atoms with E-state index in [1.807, 2.05) is 0 Å². The highest BCUT2D eigenvalue weighted by atomic mass is 32.2. The smallest absolute Gasteiger partial charge is 0.261 e. The van der Waals surface area contributed by atoms with Gasteiger partial charge < -0.3 is 4.74 Å². The van der Waals surface area contributed by atoms with Gasteiger partial charge in [0.2, 0.25) is 5.91 Å². The van der Waals surface area contributed by atoms with Crippen molar-refractivity contribution in [3.63, 3.8) is 0 Å². The Morgan fingerprint density at radius 1 is 1.03 bits per heavy atom. The van der Waals surface area contributed by atoms with Crippen molar-refractivity contribution in [3.8, 4) is 5.75 Å². The lowest BCUT2D eigenvalue weighted by atomic mass is 9.98. The maximum atomic E-state index is 13.3. The molecule has 1 aliphatic rings. The Kier molecular flexibility index (Phi) is 6.15. The van der Waals surface area contributed by atoms with E-state index in [-0.39, 0.29) is 22.7 Å². The SMILES string of the molecule is COc1ccc(S(=O)(=O)Nc2ccc(C3=NN(C(C)=O)C(c4ccc(F)cc4)C3)cc2)cc1. The maximum Gasteiger partial charge on any atom is 0.261 e. The molecule has 170 valence electrons. The van der Waals surface area contributed by atoms with Gasteiger partial charge in [-0.15, -0.1) is 0 Å². The first-order valence-corrected chi connectivity index (χ1v) is 11.7. The monoisotopic (exact) mass is 467 g/mol. The third kappa shape index (κ3) is 4.88. The van der Waals surface area contributed by atoms with Gasteiger partial charge in [-0.2, -0.15) is 5.10 Å². The fourth-order valence-electron chi connectivity index (χ4n) is 3.62. The van der Waals surface area contributed by atoms with Crippen LogP contribution in [0.3, 0.4) is 0 Å². The van der Waals surface area contributed by atoms with Crippen LogP contribution in [0.1, 0.15) is 30.5 Å². The van der Waals surface area contributed by atoms with Crippen molar-refractivity contribution < 1.29 is 22.3 Å². The summed E-state index contributed by atoms with van der Waals surface area (Å²) < 4.78 is 46.2. The summed E-state index contributed by atoms with van der Waals surface area (Å²) in [6, 6.07) is 18.5. The second-order valence-electron chi connectivity index (χ2n) is 7.54. The molecule has 7 nitrogen and oxygen atoms in total. The van der Waals surface area contributed by atoms with Gasteiger partial charge in [-0.05, 0) is 59.7 Å². The molecule has 1 atom stereocenters. The predicted octanol–water partition coefficient (Wildman–Crippen LogP) is 4.33. The van der Waals surface area contributed by atoms with E-state index in [0.717, 1.165) is 11.1 Å². The van der Waals surface area contributed by atoms with Gasteiger partial charge in [0, 0.05) is 19.0 Å². The average Bonchev–Trinajstić information content (AvgIpc) is 3.26. The lowest BCUT2D eigenvalue weighted by Gasteiger charge is -2.20. The molecule has 1 heterocycles. The summed E-state index contributed by atoms with van der Waals surface area (Å²) >= 11 is 0. The Morgan fingerprint density at radius 2 is 1.67 bits per heavy atom. The quantitative estimate of drug-likeness (QED) is 0.584. The van der Waals surface area contributed by atoms with Crippen LogP contribution in [0.2, 0.25) is 0 Å². The molecule has 0 bridgehead atoms. The average molecular weight is 468 g/mol.